The zero-order valence-corrected chi connectivity index (χ0v) is 14.3. The number of rotatable bonds is 5. The molecular weight excluding hydrogens is 296 g/mol. The van der Waals surface area contributed by atoms with E-state index in [2.05, 4.69) is 10.1 Å². The molecule has 0 saturated carbocycles. The first-order valence-electron chi connectivity index (χ1n) is 7.70. The summed E-state index contributed by atoms with van der Waals surface area (Å²) in [6.45, 7) is 9.72. The Balaban J connectivity index is 2.33. The van der Waals surface area contributed by atoms with Gasteiger partial charge in [0.15, 0.2) is 5.65 Å². The van der Waals surface area contributed by atoms with Gasteiger partial charge in [0.1, 0.15) is 0 Å². The first-order valence-corrected chi connectivity index (χ1v) is 7.70. The van der Waals surface area contributed by atoms with Crippen molar-refractivity contribution in [3.05, 3.63) is 33.4 Å². The number of hydrogen-bond acceptors (Lipinski definition) is 4. The third-order valence-corrected chi connectivity index (χ3v) is 3.84. The summed E-state index contributed by atoms with van der Waals surface area (Å²) in [5.74, 6) is -0.0727. The number of fused-ring (bicyclic) bond motifs is 1. The number of H-pyrrole nitrogens is 1. The topological polar surface area (TPSA) is 90.7 Å². The molecule has 0 spiro atoms. The summed E-state index contributed by atoms with van der Waals surface area (Å²) in [4.78, 5) is 30.1. The molecular formula is C16H24N4O3. The van der Waals surface area contributed by atoms with E-state index in [1.165, 1.54) is 6.07 Å². The van der Waals surface area contributed by atoms with Crippen molar-refractivity contribution in [1.82, 2.24) is 19.5 Å². The Morgan fingerprint density at radius 2 is 2.09 bits per heavy atom. The fourth-order valence-corrected chi connectivity index (χ4v) is 2.72. The molecule has 0 fully saturated rings. The Morgan fingerprint density at radius 3 is 2.65 bits per heavy atom. The van der Waals surface area contributed by atoms with Crippen molar-refractivity contribution in [2.24, 2.45) is 0 Å². The van der Waals surface area contributed by atoms with Crippen molar-refractivity contribution in [3.63, 3.8) is 0 Å². The van der Waals surface area contributed by atoms with Gasteiger partial charge in [-0.15, -0.1) is 0 Å². The van der Waals surface area contributed by atoms with Gasteiger partial charge >= 0.3 is 0 Å². The smallest absolute Gasteiger partial charge is 0.266 e. The predicted octanol–water partition coefficient (Wildman–Crippen LogP) is 0.801. The van der Waals surface area contributed by atoms with Crippen LogP contribution in [0.25, 0.3) is 5.65 Å². The Kier molecular flexibility index (Phi) is 4.61. The Bertz CT molecular complexity index is 783. The second-order valence-electron chi connectivity index (χ2n) is 6.47. The quantitative estimate of drug-likeness (QED) is 0.852. The summed E-state index contributed by atoms with van der Waals surface area (Å²) < 4.78 is 1.60. The molecule has 0 aromatic carbocycles. The molecule has 2 rings (SSSR count). The van der Waals surface area contributed by atoms with E-state index in [1.807, 2.05) is 20.8 Å². The van der Waals surface area contributed by atoms with Crippen LogP contribution in [0.2, 0.25) is 0 Å². The second-order valence-corrected chi connectivity index (χ2v) is 6.47. The van der Waals surface area contributed by atoms with Crippen LogP contribution in [0, 0.1) is 13.8 Å². The molecule has 7 heteroatoms. The van der Waals surface area contributed by atoms with E-state index in [-0.39, 0.29) is 24.4 Å². The van der Waals surface area contributed by atoms with Crippen molar-refractivity contribution in [1.29, 1.82) is 0 Å². The zero-order chi connectivity index (χ0) is 17.4. The molecule has 0 aliphatic heterocycles. The van der Waals surface area contributed by atoms with Gasteiger partial charge in [0.25, 0.3) is 5.56 Å². The maximum absolute atomic E-state index is 12.6. The number of carbonyl (C=O) groups is 1. The van der Waals surface area contributed by atoms with Crippen LogP contribution in [0.4, 0.5) is 0 Å². The predicted molar refractivity (Wildman–Crippen MR) is 87.5 cm³/mol. The van der Waals surface area contributed by atoms with E-state index < -0.39 is 5.60 Å². The van der Waals surface area contributed by atoms with Crippen LogP contribution < -0.4 is 5.56 Å². The number of aromatic nitrogens is 3. The Morgan fingerprint density at radius 1 is 1.43 bits per heavy atom. The maximum Gasteiger partial charge on any atom is 0.266 e. The SMILES string of the molecule is CCN(CC(C)(C)O)C(=O)Cc1c(C)nc2cc(=O)[nH]n2c1C. The highest BCUT2D eigenvalue weighted by Gasteiger charge is 2.23. The molecule has 1 amide bonds. The van der Waals surface area contributed by atoms with Gasteiger partial charge in [-0.3, -0.25) is 14.7 Å². The van der Waals surface area contributed by atoms with Crippen molar-refractivity contribution in [2.45, 2.75) is 46.6 Å². The number of nitrogens with one attached hydrogen (secondary N) is 1. The molecule has 23 heavy (non-hydrogen) atoms. The molecule has 7 nitrogen and oxygen atoms in total. The van der Waals surface area contributed by atoms with Gasteiger partial charge in [0.2, 0.25) is 5.91 Å². The summed E-state index contributed by atoms with van der Waals surface area (Å²) in [5, 5.41) is 12.6. The first kappa shape index (κ1) is 17.2. The van der Waals surface area contributed by atoms with Gasteiger partial charge in [-0.2, -0.15) is 0 Å². The van der Waals surface area contributed by atoms with Gasteiger partial charge in [-0.25, -0.2) is 9.50 Å². The van der Waals surface area contributed by atoms with Crippen LogP contribution in [0.3, 0.4) is 0 Å². The molecule has 0 bridgehead atoms. The average molecular weight is 320 g/mol. The zero-order valence-electron chi connectivity index (χ0n) is 14.3. The number of aryl methyl sites for hydroxylation is 2. The van der Waals surface area contributed by atoms with E-state index in [1.54, 1.807) is 23.3 Å². The third-order valence-electron chi connectivity index (χ3n) is 3.84. The highest BCUT2D eigenvalue weighted by atomic mass is 16.3. The summed E-state index contributed by atoms with van der Waals surface area (Å²) >= 11 is 0. The van der Waals surface area contributed by atoms with Gasteiger partial charge in [-0.1, -0.05) is 0 Å². The second kappa shape index (κ2) is 6.16. The molecule has 0 aliphatic carbocycles. The van der Waals surface area contributed by atoms with E-state index in [4.69, 9.17) is 0 Å². The van der Waals surface area contributed by atoms with Gasteiger partial charge < -0.3 is 10.0 Å². The van der Waals surface area contributed by atoms with E-state index in [0.29, 0.717) is 12.2 Å². The molecule has 0 radical (unpaired) electrons. The lowest BCUT2D eigenvalue weighted by molar-refractivity contribution is -0.133. The van der Waals surface area contributed by atoms with Crippen LogP contribution in [-0.2, 0) is 11.2 Å². The van der Waals surface area contributed by atoms with E-state index in [0.717, 1.165) is 17.0 Å². The number of likely N-dealkylation sites (N-methyl/N-ethyl adjacent to an activating group) is 1. The van der Waals surface area contributed by atoms with Crippen LogP contribution in [0.5, 0.6) is 0 Å². The van der Waals surface area contributed by atoms with Gasteiger partial charge in [0, 0.05) is 36.1 Å². The molecule has 2 aromatic rings. The lowest BCUT2D eigenvalue weighted by Gasteiger charge is -2.28. The van der Waals surface area contributed by atoms with Crippen LogP contribution in [0.1, 0.15) is 37.7 Å². The van der Waals surface area contributed by atoms with Crippen LogP contribution in [-0.4, -0.2) is 49.2 Å². The average Bonchev–Trinajstić information content (AvgIpc) is 2.80. The summed E-state index contributed by atoms with van der Waals surface area (Å²) in [6, 6.07) is 1.43. The Labute approximate surface area is 134 Å². The molecule has 2 N–H and O–H groups in total. The minimum Gasteiger partial charge on any atom is -0.389 e. The first-order chi connectivity index (χ1) is 10.6. The number of aromatic amines is 1. The fraction of sp³-hybridized carbons (Fsp3) is 0.562. The monoisotopic (exact) mass is 320 g/mol. The number of hydrogen-bond donors (Lipinski definition) is 2. The normalized spacial score (nSPS) is 11.9. The van der Waals surface area contributed by atoms with E-state index in [9.17, 15) is 14.7 Å². The fourth-order valence-electron chi connectivity index (χ4n) is 2.72. The number of amides is 1. The maximum atomic E-state index is 12.6. The Hall–Kier alpha value is -2.15. The summed E-state index contributed by atoms with van der Waals surface area (Å²) in [6.07, 6.45) is 0.185. The largest absolute Gasteiger partial charge is 0.389 e. The minimum atomic E-state index is -0.941. The lowest BCUT2D eigenvalue weighted by Crippen LogP contribution is -2.42. The molecule has 2 aromatic heterocycles. The number of aliphatic hydroxyl groups is 1. The highest BCUT2D eigenvalue weighted by molar-refractivity contribution is 5.79. The minimum absolute atomic E-state index is 0.0727. The number of nitrogens with zero attached hydrogens (tertiary/aromatic N) is 3. The lowest BCUT2D eigenvalue weighted by atomic mass is 10.1. The van der Waals surface area contributed by atoms with Crippen molar-refractivity contribution in [3.8, 4) is 0 Å². The van der Waals surface area contributed by atoms with E-state index >= 15 is 0 Å². The summed E-state index contributed by atoms with van der Waals surface area (Å²) in [7, 11) is 0. The van der Waals surface area contributed by atoms with Gasteiger partial charge in [-0.05, 0) is 34.6 Å². The van der Waals surface area contributed by atoms with Crippen molar-refractivity contribution >= 4 is 11.6 Å². The van der Waals surface area contributed by atoms with Crippen LogP contribution >= 0.6 is 0 Å². The van der Waals surface area contributed by atoms with Crippen LogP contribution in [0.15, 0.2) is 10.9 Å². The third kappa shape index (κ3) is 3.79. The molecule has 2 heterocycles. The van der Waals surface area contributed by atoms with Crippen molar-refractivity contribution < 1.29 is 9.90 Å². The van der Waals surface area contributed by atoms with Crippen molar-refractivity contribution in [2.75, 3.05) is 13.1 Å². The standard InChI is InChI=1S/C16H24N4O3/c1-6-19(9-16(4,5)23)15(22)7-12-10(2)17-13-8-14(21)18-20(13)11(12)3/h8,23H,6-7,9H2,1-5H3,(H,18,21). The molecule has 126 valence electrons. The molecule has 0 atom stereocenters. The molecule has 0 saturated heterocycles. The molecule has 0 unspecified atom stereocenters. The van der Waals surface area contributed by atoms with Gasteiger partial charge in [0.05, 0.1) is 12.0 Å². The highest BCUT2D eigenvalue weighted by Crippen LogP contribution is 2.16. The summed E-state index contributed by atoms with van der Waals surface area (Å²) in [5.41, 5.74) is 1.70. The molecule has 0 aliphatic rings. The number of carbonyl (C=O) groups excluding carboxylic acids is 1.